The van der Waals surface area contributed by atoms with Crippen molar-refractivity contribution in [3.63, 3.8) is 0 Å². The lowest BCUT2D eigenvalue weighted by Crippen LogP contribution is -2.07. The number of aliphatic imine (C=N–C) groups is 1. The van der Waals surface area contributed by atoms with Crippen LogP contribution >= 0.6 is 0 Å². The molecule has 3 rings (SSSR count). The number of methoxy groups -OCH3 is 1. The largest absolute Gasteiger partial charge is 0.496 e. The maximum absolute atomic E-state index is 12.1. The Labute approximate surface area is 151 Å². The smallest absolute Gasteiger partial charge is 0.363 e. The number of hydrogen-bond acceptors (Lipinski definition) is 8. The summed E-state index contributed by atoms with van der Waals surface area (Å²) in [7, 11) is 1.35. The molecule has 0 N–H and O–H groups in total. The van der Waals surface area contributed by atoms with Gasteiger partial charge in [0, 0.05) is 18.2 Å². The van der Waals surface area contributed by atoms with E-state index in [4.69, 9.17) is 9.47 Å². The number of nitrogens with zero attached hydrogens (tertiary/aromatic N) is 3. The maximum Gasteiger partial charge on any atom is 0.363 e. The normalized spacial score (nSPS) is 14.6. The number of cyclic esters (lactones) is 1. The molecule has 0 amide bonds. The monoisotopic (exact) mass is 369 g/mol. The Balaban J connectivity index is 2.07. The lowest BCUT2D eigenvalue weighted by Gasteiger charge is -2.06. The number of ether oxygens (including phenoxy) is 2. The van der Waals surface area contributed by atoms with Gasteiger partial charge in [0.1, 0.15) is 5.75 Å². The molecule has 27 heavy (non-hydrogen) atoms. The summed E-state index contributed by atoms with van der Waals surface area (Å²) in [5.74, 6) is -0.804. The average Bonchev–Trinajstić information content (AvgIpc) is 3.01. The Morgan fingerprint density at radius 1 is 1.11 bits per heavy atom. The van der Waals surface area contributed by atoms with E-state index < -0.39 is 15.8 Å². The molecule has 0 aliphatic carbocycles. The number of rotatable bonds is 5. The fourth-order valence-corrected chi connectivity index (χ4v) is 2.42. The van der Waals surface area contributed by atoms with Crippen molar-refractivity contribution < 1.29 is 24.1 Å². The summed E-state index contributed by atoms with van der Waals surface area (Å²) < 4.78 is 10.2. The van der Waals surface area contributed by atoms with Gasteiger partial charge in [0.15, 0.2) is 5.70 Å². The molecule has 0 fully saturated rings. The molecule has 1 heterocycles. The molecule has 2 aromatic carbocycles. The molecular formula is C17H11N3O7. The zero-order valence-corrected chi connectivity index (χ0v) is 13.8. The topological polar surface area (TPSA) is 134 Å². The van der Waals surface area contributed by atoms with Crippen LogP contribution in [-0.4, -0.2) is 28.8 Å². The van der Waals surface area contributed by atoms with Crippen molar-refractivity contribution in [3.05, 3.63) is 79.5 Å². The standard InChI is InChI=1S/C17H11N3O7/c1-26-15-7-6-11(19(22)23)9-12(15)16-18-13(17(21)27-16)8-10-4-2-3-5-14(10)20(24)25/h2-9H,1H3/b13-8+. The molecule has 0 radical (unpaired) electrons. The van der Waals surface area contributed by atoms with Crippen molar-refractivity contribution in [3.8, 4) is 5.75 Å². The van der Waals surface area contributed by atoms with E-state index in [2.05, 4.69) is 4.99 Å². The molecule has 10 nitrogen and oxygen atoms in total. The minimum Gasteiger partial charge on any atom is -0.496 e. The van der Waals surface area contributed by atoms with Crippen molar-refractivity contribution in [1.82, 2.24) is 0 Å². The van der Waals surface area contributed by atoms with E-state index in [-0.39, 0.29) is 39.8 Å². The molecule has 0 aromatic heterocycles. The van der Waals surface area contributed by atoms with Gasteiger partial charge in [-0.1, -0.05) is 12.1 Å². The summed E-state index contributed by atoms with van der Waals surface area (Å²) in [4.78, 5) is 37.0. The van der Waals surface area contributed by atoms with Gasteiger partial charge >= 0.3 is 5.97 Å². The second-order valence-corrected chi connectivity index (χ2v) is 5.29. The third-order valence-corrected chi connectivity index (χ3v) is 3.67. The van der Waals surface area contributed by atoms with Gasteiger partial charge in [0.25, 0.3) is 11.4 Å². The predicted molar refractivity (Wildman–Crippen MR) is 93.4 cm³/mol. The molecule has 0 unspecified atom stereocenters. The highest BCUT2D eigenvalue weighted by molar-refractivity contribution is 6.14. The van der Waals surface area contributed by atoms with Crippen LogP contribution in [0.3, 0.4) is 0 Å². The van der Waals surface area contributed by atoms with Gasteiger partial charge in [0.05, 0.1) is 28.1 Å². The van der Waals surface area contributed by atoms with E-state index in [1.54, 1.807) is 6.07 Å². The van der Waals surface area contributed by atoms with Crippen molar-refractivity contribution in [1.29, 1.82) is 0 Å². The summed E-state index contributed by atoms with van der Waals surface area (Å²) in [6.07, 6.45) is 1.22. The van der Waals surface area contributed by atoms with Crippen LogP contribution in [0.1, 0.15) is 11.1 Å². The lowest BCUT2D eigenvalue weighted by atomic mass is 10.1. The van der Waals surface area contributed by atoms with Gasteiger partial charge in [0.2, 0.25) is 5.90 Å². The molecule has 136 valence electrons. The number of carbonyl (C=O) groups excluding carboxylic acids is 1. The number of para-hydroxylation sites is 1. The second-order valence-electron chi connectivity index (χ2n) is 5.29. The number of nitro benzene ring substituents is 2. The molecule has 0 spiro atoms. The Kier molecular flexibility index (Phi) is 4.62. The van der Waals surface area contributed by atoms with E-state index in [0.29, 0.717) is 0 Å². The summed E-state index contributed by atoms with van der Waals surface area (Å²) in [6, 6.07) is 9.58. The van der Waals surface area contributed by atoms with Crippen LogP contribution in [0.2, 0.25) is 0 Å². The molecule has 2 aromatic rings. The second kappa shape index (κ2) is 7.04. The Morgan fingerprint density at radius 2 is 1.85 bits per heavy atom. The van der Waals surface area contributed by atoms with Gasteiger partial charge in [-0.05, 0) is 18.2 Å². The van der Waals surface area contributed by atoms with Crippen LogP contribution in [0.15, 0.2) is 53.2 Å². The lowest BCUT2D eigenvalue weighted by molar-refractivity contribution is -0.385. The van der Waals surface area contributed by atoms with Crippen LogP contribution in [-0.2, 0) is 9.53 Å². The van der Waals surface area contributed by atoms with E-state index in [9.17, 15) is 25.0 Å². The van der Waals surface area contributed by atoms with E-state index in [1.165, 1.54) is 49.6 Å². The highest BCUT2D eigenvalue weighted by atomic mass is 16.6. The average molecular weight is 369 g/mol. The van der Waals surface area contributed by atoms with Crippen molar-refractivity contribution in [2.45, 2.75) is 0 Å². The van der Waals surface area contributed by atoms with Gasteiger partial charge in [-0.2, -0.15) is 0 Å². The van der Waals surface area contributed by atoms with Crippen molar-refractivity contribution >= 4 is 29.3 Å². The van der Waals surface area contributed by atoms with E-state index in [0.717, 1.165) is 0 Å². The van der Waals surface area contributed by atoms with Crippen LogP contribution in [0.25, 0.3) is 6.08 Å². The summed E-state index contributed by atoms with van der Waals surface area (Å²) >= 11 is 0. The molecule has 0 saturated heterocycles. The Bertz CT molecular complexity index is 1030. The SMILES string of the molecule is COc1ccc([N+](=O)[O-])cc1C1=N/C(=C/c2ccccc2[N+](=O)[O-])C(=O)O1. The van der Waals surface area contributed by atoms with Crippen LogP contribution < -0.4 is 4.74 Å². The number of non-ortho nitro benzene ring substituents is 1. The summed E-state index contributed by atoms with van der Waals surface area (Å²) in [5, 5.41) is 22.1. The van der Waals surface area contributed by atoms with Gasteiger partial charge < -0.3 is 9.47 Å². The molecule has 0 bridgehead atoms. The number of hydrogen-bond donors (Lipinski definition) is 0. The molecule has 1 aliphatic rings. The fourth-order valence-electron chi connectivity index (χ4n) is 2.42. The van der Waals surface area contributed by atoms with Gasteiger partial charge in [-0.25, -0.2) is 9.79 Å². The number of esters is 1. The third-order valence-electron chi connectivity index (χ3n) is 3.67. The Morgan fingerprint density at radius 3 is 2.52 bits per heavy atom. The first-order valence-electron chi connectivity index (χ1n) is 7.49. The first-order chi connectivity index (χ1) is 12.9. The minimum absolute atomic E-state index is 0.117. The number of benzene rings is 2. The quantitative estimate of drug-likeness (QED) is 0.342. The minimum atomic E-state index is -0.836. The number of carbonyl (C=O) groups is 1. The maximum atomic E-state index is 12.1. The van der Waals surface area contributed by atoms with Crippen LogP contribution in [0.5, 0.6) is 5.75 Å². The van der Waals surface area contributed by atoms with Crippen molar-refractivity contribution in [2.24, 2.45) is 4.99 Å². The Hall–Kier alpha value is -4.08. The summed E-state index contributed by atoms with van der Waals surface area (Å²) in [5.41, 5.74) is -0.320. The fraction of sp³-hybridized carbons (Fsp3) is 0.0588. The van der Waals surface area contributed by atoms with E-state index >= 15 is 0 Å². The zero-order valence-electron chi connectivity index (χ0n) is 13.8. The molecular weight excluding hydrogens is 358 g/mol. The van der Waals surface area contributed by atoms with Gasteiger partial charge in [-0.15, -0.1) is 0 Å². The zero-order chi connectivity index (χ0) is 19.6. The first-order valence-corrected chi connectivity index (χ1v) is 7.49. The van der Waals surface area contributed by atoms with E-state index in [1.807, 2.05) is 0 Å². The van der Waals surface area contributed by atoms with Crippen LogP contribution in [0, 0.1) is 20.2 Å². The van der Waals surface area contributed by atoms with Gasteiger partial charge in [-0.3, -0.25) is 20.2 Å². The molecule has 1 aliphatic heterocycles. The highest BCUT2D eigenvalue weighted by Gasteiger charge is 2.28. The number of nitro groups is 2. The predicted octanol–water partition coefficient (Wildman–Crippen LogP) is 2.86. The van der Waals surface area contributed by atoms with Crippen molar-refractivity contribution in [2.75, 3.05) is 7.11 Å². The third kappa shape index (κ3) is 3.49. The molecule has 0 saturated carbocycles. The van der Waals surface area contributed by atoms with Crippen LogP contribution in [0.4, 0.5) is 11.4 Å². The summed E-state index contributed by atoms with van der Waals surface area (Å²) in [6.45, 7) is 0. The first kappa shape index (κ1) is 17.7. The molecule has 10 heteroatoms. The molecule has 0 atom stereocenters. The highest BCUT2D eigenvalue weighted by Crippen LogP contribution is 2.29.